The molecule has 2 heterocycles. The van der Waals surface area contributed by atoms with Crippen molar-refractivity contribution in [3.05, 3.63) is 40.2 Å². The van der Waals surface area contributed by atoms with Crippen LogP contribution in [0.2, 0.25) is 0 Å². The molecule has 2 unspecified atom stereocenters. The average Bonchev–Trinajstić information content (AvgIpc) is 2.99. The van der Waals surface area contributed by atoms with Crippen molar-refractivity contribution in [2.45, 2.75) is 26.0 Å². The lowest BCUT2D eigenvalue weighted by molar-refractivity contribution is -0.117. The van der Waals surface area contributed by atoms with Crippen LogP contribution in [0.1, 0.15) is 36.1 Å². The number of esters is 1. The number of fused-ring (bicyclic) bond motifs is 1. The van der Waals surface area contributed by atoms with E-state index in [1.165, 1.54) is 0 Å². The molecule has 1 aromatic carbocycles. The number of anilines is 2. The van der Waals surface area contributed by atoms with Gasteiger partial charge in [0, 0.05) is 13.1 Å². The molecular weight excluding hydrogens is 378 g/mol. The van der Waals surface area contributed by atoms with Crippen molar-refractivity contribution in [2.75, 3.05) is 17.3 Å². The number of aromatic nitrogens is 1. The van der Waals surface area contributed by atoms with Gasteiger partial charge in [0.25, 0.3) is 0 Å². The maximum atomic E-state index is 12.3. The van der Waals surface area contributed by atoms with Gasteiger partial charge >= 0.3 is 5.97 Å². The fraction of sp³-hybridized carbons (Fsp3) is 0.312. The highest BCUT2D eigenvalue weighted by Crippen LogP contribution is 2.32. The fourth-order valence-electron chi connectivity index (χ4n) is 2.44. The van der Waals surface area contributed by atoms with Crippen molar-refractivity contribution in [3.63, 3.8) is 0 Å². The lowest BCUT2D eigenvalue weighted by Crippen LogP contribution is -2.43. The fourth-order valence-corrected chi connectivity index (χ4v) is 2.74. The van der Waals surface area contributed by atoms with E-state index in [0.717, 1.165) is 5.69 Å². The summed E-state index contributed by atoms with van der Waals surface area (Å²) in [6, 6.07) is 6.45. The van der Waals surface area contributed by atoms with E-state index in [9.17, 15) is 9.59 Å². The van der Waals surface area contributed by atoms with Crippen LogP contribution in [0, 0.1) is 0 Å². The molecule has 0 radical (unpaired) electrons. The van der Waals surface area contributed by atoms with Crippen molar-refractivity contribution in [1.82, 2.24) is 5.16 Å². The van der Waals surface area contributed by atoms with E-state index in [1.54, 1.807) is 31.2 Å². The number of benzene rings is 1. The van der Waals surface area contributed by atoms with Gasteiger partial charge in [-0.1, -0.05) is 5.16 Å². The first-order valence-corrected chi connectivity index (χ1v) is 8.17. The number of carbonyl (C=O) groups excluding carboxylic acids is 2. The number of carbonyl (C=O) groups is 2. The minimum atomic E-state index is -0.579. The molecule has 2 aromatic rings. The zero-order valence-electron chi connectivity index (χ0n) is 13.4. The maximum absolute atomic E-state index is 12.3. The van der Waals surface area contributed by atoms with Crippen LogP contribution >= 0.6 is 15.9 Å². The molecule has 24 heavy (non-hydrogen) atoms. The third-order valence-corrected chi connectivity index (χ3v) is 4.39. The normalized spacial score (nSPS) is 17.9. The van der Waals surface area contributed by atoms with Crippen LogP contribution in [0.4, 0.5) is 11.4 Å². The highest BCUT2D eigenvalue weighted by molar-refractivity contribution is 9.10. The number of hydrogen-bond acceptors (Lipinski definition) is 6. The largest absolute Gasteiger partial charge is 0.451 e. The molecule has 0 spiro atoms. The lowest BCUT2D eigenvalue weighted by atomic mass is 10.1. The SMILES string of the molecule is CC(OC(=O)c1ccc2c(c1)NC(=O)C(C)N2C)c1cc(Br)no1. The molecule has 1 N–H and O–H groups in total. The first kappa shape index (κ1) is 16.5. The molecule has 126 valence electrons. The lowest BCUT2D eigenvalue weighted by Gasteiger charge is -2.33. The third kappa shape index (κ3) is 3.01. The van der Waals surface area contributed by atoms with Crippen LogP contribution in [0.5, 0.6) is 0 Å². The highest BCUT2D eigenvalue weighted by Gasteiger charge is 2.28. The average molecular weight is 394 g/mol. The van der Waals surface area contributed by atoms with E-state index in [-0.39, 0.29) is 11.9 Å². The van der Waals surface area contributed by atoms with Crippen molar-refractivity contribution in [2.24, 2.45) is 0 Å². The Kier molecular flexibility index (Phi) is 4.31. The van der Waals surface area contributed by atoms with Gasteiger partial charge in [-0.3, -0.25) is 4.79 Å². The zero-order chi connectivity index (χ0) is 17.4. The molecule has 1 amide bonds. The summed E-state index contributed by atoms with van der Waals surface area (Å²) < 4.78 is 11.0. The number of amides is 1. The smallest absolute Gasteiger partial charge is 0.338 e. The van der Waals surface area contributed by atoms with Crippen LogP contribution in [0.3, 0.4) is 0 Å². The van der Waals surface area contributed by atoms with E-state index in [0.29, 0.717) is 21.6 Å². The molecule has 0 saturated carbocycles. The summed E-state index contributed by atoms with van der Waals surface area (Å²) >= 11 is 3.18. The standard InChI is InChI=1S/C16H16BrN3O4/c1-8-15(21)18-11-6-10(4-5-12(11)20(8)3)16(22)23-9(2)13-7-14(17)19-24-13/h4-9H,1-3H3,(H,18,21). The van der Waals surface area contributed by atoms with Gasteiger partial charge in [0.2, 0.25) is 5.91 Å². The molecule has 0 fully saturated rings. The number of rotatable bonds is 3. The van der Waals surface area contributed by atoms with Gasteiger partial charge in [-0.15, -0.1) is 0 Å². The summed E-state index contributed by atoms with van der Waals surface area (Å²) in [6.07, 6.45) is -0.579. The monoisotopic (exact) mass is 393 g/mol. The van der Waals surface area contributed by atoms with Gasteiger partial charge in [-0.05, 0) is 48.0 Å². The molecule has 0 aliphatic carbocycles. The first-order valence-electron chi connectivity index (χ1n) is 7.37. The Balaban J connectivity index is 1.79. The molecule has 1 aliphatic heterocycles. The Morgan fingerprint density at radius 1 is 1.46 bits per heavy atom. The van der Waals surface area contributed by atoms with Crippen molar-refractivity contribution in [1.29, 1.82) is 0 Å². The van der Waals surface area contributed by atoms with Gasteiger partial charge in [-0.25, -0.2) is 4.79 Å². The number of nitrogens with one attached hydrogen (secondary N) is 1. The van der Waals surface area contributed by atoms with Gasteiger partial charge in [0.1, 0.15) is 10.6 Å². The second kappa shape index (κ2) is 6.27. The molecule has 1 aliphatic rings. The van der Waals surface area contributed by atoms with Crippen molar-refractivity contribution in [3.8, 4) is 0 Å². The summed E-state index contributed by atoms with van der Waals surface area (Å²) in [5.74, 6) is -0.182. The Bertz CT molecular complexity index is 804. The summed E-state index contributed by atoms with van der Waals surface area (Å²) in [5, 5.41) is 6.50. The second-order valence-corrected chi connectivity index (χ2v) is 6.42. The number of ether oxygens (including phenoxy) is 1. The first-order chi connectivity index (χ1) is 11.4. The van der Waals surface area contributed by atoms with Gasteiger partial charge in [-0.2, -0.15) is 0 Å². The van der Waals surface area contributed by atoms with Crippen molar-refractivity contribution >= 4 is 39.2 Å². The van der Waals surface area contributed by atoms with Gasteiger partial charge < -0.3 is 19.5 Å². The van der Waals surface area contributed by atoms with Crippen LogP contribution in [0.15, 0.2) is 33.4 Å². The predicted octanol–water partition coefficient (Wildman–Crippen LogP) is 3.13. The second-order valence-electron chi connectivity index (χ2n) is 5.61. The molecular formula is C16H16BrN3O4. The highest BCUT2D eigenvalue weighted by atomic mass is 79.9. The minimum absolute atomic E-state index is 0.115. The van der Waals surface area contributed by atoms with E-state index in [1.807, 2.05) is 18.9 Å². The number of nitrogens with zero attached hydrogens (tertiary/aromatic N) is 2. The van der Waals surface area contributed by atoms with E-state index < -0.39 is 12.1 Å². The summed E-state index contributed by atoms with van der Waals surface area (Å²) in [5.41, 5.74) is 1.79. The van der Waals surface area contributed by atoms with Crippen LogP contribution in [0.25, 0.3) is 0 Å². The van der Waals surface area contributed by atoms with Gasteiger partial charge in [0.05, 0.1) is 16.9 Å². The van der Waals surface area contributed by atoms with Crippen LogP contribution in [-0.2, 0) is 9.53 Å². The topological polar surface area (TPSA) is 84.7 Å². The van der Waals surface area contributed by atoms with Crippen LogP contribution < -0.4 is 10.2 Å². The summed E-state index contributed by atoms with van der Waals surface area (Å²) in [4.78, 5) is 26.1. The Morgan fingerprint density at radius 2 is 2.21 bits per heavy atom. The third-order valence-electron chi connectivity index (χ3n) is 4.01. The number of halogens is 1. The Labute approximate surface area is 147 Å². The molecule has 1 aromatic heterocycles. The molecule has 0 saturated heterocycles. The summed E-state index contributed by atoms with van der Waals surface area (Å²) in [6.45, 7) is 3.51. The quantitative estimate of drug-likeness (QED) is 0.806. The number of hydrogen-bond donors (Lipinski definition) is 1. The van der Waals surface area contributed by atoms with E-state index >= 15 is 0 Å². The molecule has 3 rings (SSSR count). The number of likely N-dealkylation sites (N-methyl/N-ethyl adjacent to an activating group) is 1. The van der Waals surface area contributed by atoms with Crippen LogP contribution in [-0.4, -0.2) is 30.1 Å². The summed E-state index contributed by atoms with van der Waals surface area (Å²) in [7, 11) is 1.84. The molecule has 8 heteroatoms. The van der Waals surface area contributed by atoms with Crippen molar-refractivity contribution < 1.29 is 18.8 Å². The molecule has 0 bridgehead atoms. The van der Waals surface area contributed by atoms with Gasteiger partial charge in [0.15, 0.2) is 11.9 Å². The molecule has 7 nitrogen and oxygen atoms in total. The maximum Gasteiger partial charge on any atom is 0.338 e. The minimum Gasteiger partial charge on any atom is -0.451 e. The predicted molar refractivity (Wildman–Crippen MR) is 91.0 cm³/mol. The van der Waals surface area contributed by atoms with E-state index in [2.05, 4.69) is 26.4 Å². The molecule has 2 atom stereocenters. The Hall–Kier alpha value is -2.35. The van der Waals surface area contributed by atoms with E-state index in [4.69, 9.17) is 9.26 Å². The Morgan fingerprint density at radius 3 is 2.88 bits per heavy atom. The zero-order valence-corrected chi connectivity index (χ0v) is 15.0.